The minimum Gasteiger partial charge on any atom is -0.495 e. The molecule has 9 heteroatoms. The number of nitrogens with one attached hydrogen (secondary N) is 3. The number of piperidine rings is 1. The monoisotopic (exact) mass is 468 g/mol. The summed E-state index contributed by atoms with van der Waals surface area (Å²) in [4.78, 5) is 39.4. The lowest BCUT2D eigenvalue weighted by Gasteiger charge is -2.32. The fourth-order valence-electron chi connectivity index (χ4n) is 3.64. The number of ether oxygens (including phenoxy) is 2. The van der Waals surface area contributed by atoms with Crippen molar-refractivity contribution in [2.45, 2.75) is 39.2 Å². The van der Waals surface area contributed by atoms with E-state index in [0.717, 1.165) is 6.42 Å². The normalized spacial score (nSPS) is 15.8. The second kappa shape index (κ2) is 10.9. The number of benzene rings is 2. The number of urea groups is 1. The molecular formula is C25H32N4O5. The quantitative estimate of drug-likeness (QED) is 0.577. The first-order valence-electron chi connectivity index (χ1n) is 11.2. The fraction of sp³-hybridized carbons (Fsp3) is 0.400. The van der Waals surface area contributed by atoms with Gasteiger partial charge in [0.2, 0.25) is 5.91 Å². The number of para-hydroxylation sites is 1. The predicted molar refractivity (Wildman–Crippen MR) is 131 cm³/mol. The highest BCUT2D eigenvalue weighted by Gasteiger charge is 2.29. The zero-order chi connectivity index (χ0) is 24.7. The van der Waals surface area contributed by atoms with Gasteiger partial charge in [0.05, 0.1) is 18.7 Å². The molecule has 0 bridgehead atoms. The fourth-order valence-corrected chi connectivity index (χ4v) is 3.64. The molecular weight excluding hydrogens is 436 g/mol. The molecule has 0 radical (unpaired) electrons. The summed E-state index contributed by atoms with van der Waals surface area (Å²) in [6.07, 6.45) is 0.788. The number of hydrogen-bond acceptors (Lipinski definition) is 5. The van der Waals surface area contributed by atoms with Gasteiger partial charge in [-0.1, -0.05) is 18.2 Å². The Morgan fingerprint density at radius 2 is 1.71 bits per heavy atom. The van der Waals surface area contributed by atoms with Gasteiger partial charge >= 0.3 is 12.1 Å². The maximum absolute atomic E-state index is 13.0. The van der Waals surface area contributed by atoms with E-state index >= 15 is 0 Å². The minimum atomic E-state index is -0.650. The summed E-state index contributed by atoms with van der Waals surface area (Å²) in [6.45, 7) is 6.23. The van der Waals surface area contributed by atoms with Crippen LogP contribution in [0, 0.1) is 5.92 Å². The molecule has 1 fully saturated rings. The van der Waals surface area contributed by atoms with Gasteiger partial charge in [0, 0.05) is 24.5 Å². The van der Waals surface area contributed by atoms with Gasteiger partial charge < -0.3 is 25.0 Å². The van der Waals surface area contributed by atoms with Gasteiger partial charge in [-0.05, 0) is 63.9 Å². The molecule has 1 heterocycles. The van der Waals surface area contributed by atoms with E-state index in [4.69, 9.17) is 9.47 Å². The zero-order valence-electron chi connectivity index (χ0n) is 20.0. The van der Waals surface area contributed by atoms with Crippen LogP contribution in [0.1, 0.15) is 33.6 Å². The van der Waals surface area contributed by atoms with Gasteiger partial charge in [-0.2, -0.15) is 0 Å². The van der Waals surface area contributed by atoms with E-state index in [-0.39, 0.29) is 17.9 Å². The molecule has 3 N–H and O–H groups in total. The smallest absolute Gasteiger partial charge is 0.412 e. The van der Waals surface area contributed by atoms with Crippen LogP contribution in [0.3, 0.4) is 0 Å². The summed E-state index contributed by atoms with van der Waals surface area (Å²) < 4.78 is 10.6. The molecule has 1 aliphatic heterocycles. The number of carbonyl (C=O) groups excluding carboxylic acids is 3. The van der Waals surface area contributed by atoms with Crippen molar-refractivity contribution in [1.29, 1.82) is 0 Å². The van der Waals surface area contributed by atoms with Crippen molar-refractivity contribution in [2.75, 3.05) is 36.1 Å². The van der Waals surface area contributed by atoms with Crippen molar-refractivity contribution >= 4 is 35.1 Å². The van der Waals surface area contributed by atoms with E-state index in [1.807, 2.05) is 30.3 Å². The molecule has 0 spiro atoms. The van der Waals surface area contributed by atoms with Gasteiger partial charge in [-0.15, -0.1) is 0 Å². The van der Waals surface area contributed by atoms with Gasteiger partial charge in [0.1, 0.15) is 11.4 Å². The van der Waals surface area contributed by atoms with Crippen molar-refractivity contribution in [1.82, 2.24) is 4.90 Å². The summed E-state index contributed by atoms with van der Waals surface area (Å²) in [5.41, 5.74) is 0.940. The highest BCUT2D eigenvalue weighted by Crippen LogP contribution is 2.29. The van der Waals surface area contributed by atoms with Gasteiger partial charge in [-0.25, -0.2) is 9.59 Å². The maximum atomic E-state index is 13.0. The SMILES string of the molecule is COc1ccc(NC(=O)C2CCCN(C(=O)Nc3ccccc3)C2)cc1NC(=O)OC(C)(C)C. The molecule has 34 heavy (non-hydrogen) atoms. The van der Waals surface area contributed by atoms with Gasteiger partial charge in [-0.3, -0.25) is 10.1 Å². The molecule has 2 aromatic rings. The molecule has 0 aliphatic carbocycles. The van der Waals surface area contributed by atoms with Crippen molar-refractivity contribution in [3.05, 3.63) is 48.5 Å². The van der Waals surface area contributed by atoms with Crippen LogP contribution in [-0.4, -0.2) is 48.7 Å². The Morgan fingerprint density at radius 3 is 2.38 bits per heavy atom. The number of methoxy groups -OCH3 is 1. The minimum absolute atomic E-state index is 0.189. The van der Waals surface area contributed by atoms with Crippen LogP contribution in [0.2, 0.25) is 0 Å². The molecule has 0 saturated carbocycles. The molecule has 4 amide bonds. The lowest BCUT2D eigenvalue weighted by atomic mass is 9.97. The van der Waals surface area contributed by atoms with Crippen LogP contribution < -0.4 is 20.7 Å². The number of carbonyl (C=O) groups is 3. The lowest BCUT2D eigenvalue weighted by molar-refractivity contribution is -0.121. The van der Waals surface area contributed by atoms with Crippen LogP contribution in [0.5, 0.6) is 5.75 Å². The third-order valence-electron chi connectivity index (χ3n) is 5.21. The topological polar surface area (TPSA) is 109 Å². The molecule has 1 unspecified atom stereocenters. The summed E-state index contributed by atoms with van der Waals surface area (Å²) in [7, 11) is 1.49. The molecule has 2 aromatic carbocycles. The first kappa shape index (κ1) is 24.9. The Bertz CT molecular complexity index is 1020. The van der Waals surface area contributed by atoms with Crippen molar-refractivity contribution < 1.29 is 23.9 Å². The van der Waals surface area contributed by atoms with E-state index < -0.39 is 11.7 Å². The Balaban J connectivity index is 1.62. The summed E-state index contributed by atoms with van der Waals surface area (Å²) in [5, 5.41) is 8.41. The Labute approximate surface area is 199 Å². The molecule has 1 saturated heterocycles. The number of amides is 4. The first-order valence-corrected chi connectivity index (χ1v) is 11.2. The molecule has 1 aliphatic rings. The Morgan fingerprint density at radius 1 is 0.971 bits per heavy atom. The summed E-state index contributed by atoms with van der Waals surface area (Å²) in [6, 6.07) is 14.0. The molecule has 3 rings (SSSR count). The van der Waals surface area contributed by atoms with Crippen LogP contribution >= 0.6 is 0 Å². The maximum Gasteiger partial charge on any atom is 0.412 e. The number of anilines is 3. The van der Waals surface area contributed by atoms with Crippen LogP contribution in [-0.2, 0) is 9.53 Å². The predicted octanol–water partition coefficient (Wildman–Crippen LogP) is 4.92. The molecule has 182 valence electrons. The third-order valence-corrected chi connectivity index (χ3v) is 5.21. The van der Waals surface area contributed by atoms with Crippen LogP contribution in [0.25, 0.3) is 0 Å². The number of nitrogens with zero attached hydrogens (tertiary/aromatic N) is 1. The van der Waals surface area contributed by atoms with E-state index in [9.17, 15) is 14.4 Å². The average Bonchev–Trinajstić information content (AvgIpc) is 2.78. The molecule has 1 atom stereocenters. The Hall–Kier alpha value is -3.75. The second-order valence-electron chi connectivity index (χ2n) is 9.11. The average molecular weight is 469 g/mol. The molecule has 0 aromatic heterocycles. The Kier molecular flexibility index (Phi) is 7.99. The van der Waals surface area contributed by atoms with Crippen molar-refractivity contribution in [2.24, 2.45) is 5.92 Å². The van der Waals surface area contributed by atoms with E-state index in [1.165, 1.54) is 7.11 Å². The lowest BCUT2D eigenvalue weighted by Crippen LogP contribution is -2.45. The number of rotatable bonds is 5. The first-order chi connectivity index (χ1) is 16.1. The van der Waals surface area contributed by atoms with Crippen LogP contribution in [0.4, 0.5) is 26.7 Å². The zero-order valence-corrected chi connectivity index (χ0v) is 20.0. The highest BCUT2D eigenvalue weighted by molar-refractivity contribution is 5.96. The van der Waals surface area contributed by atoms with Gasteiger partial charge in [0.15, 0.2) is 0 Å². The van der Waals surface area contributed by atoms with Gasteiger partial charge in [0.25, 0.3) is 0 Å². The third kappa shape index (κ3) is 7.13. The summed E-state index contributed by atoms with van der Waals surface area (Å²) in [5.74, 6) is -0.101. The van der Waals surface area contributed by atoms with E-state index in [0.29, 0.717) is 42.3 Å². The van der Waals surface area contributed by atoms with E-state index in [1.54, 1.807) is 43.9 Å². The second-order valence-corrected chi connectivity index (χ2v) is 9.11. The number of likely N-dealkylation sites (tertiary alicyclic amines) is 1. The molecule has 9 nitrogen and oxygen atoms in total. The summed E-state index contributed by atoms with van der Waals surface area (Å²) >= 11 is 0. The highest BCUT2D eigenvalue weighted by atomic mass is 16.6. The number of hydrogen-bond donors (Lipinski definition) is 3. The van der Waals surface area contributed by atoms with E-state index in [2.05, 4.69) is 16.0 Å². The van der Waals surface area contributed by atoms with Crippen LogP contribution in [0.15, 0.2) is 48.5 Å². The largest absolute Gasteiger partial charge is 0.495 e. The van der Waals surface area contributed by atoms with Crippen molar-refractivity contribution in [3.8, 4) is 5.75 Å². The standard InChI is InChI=1S/C25H32N4O5/c1-25(2,3)34-24(32)28-20-15-19(12-13-21(20)33-4)26-22(30)17-9-8-14-29(16-17)23(31)27-18-10-6-5-7-11-18/h5-7,10-13,15,17H,8-9,14,16H2,1-4H3,(H,26,30)(H,27,31)(H,28,32). The van der Waals surface area contributed by atoms with Crippen molar-refractivity contribution in [3.63, 3.8) is 0 Å².